The highest BCUT2D eigenvalue weighted by Crippen LogP contribution is 2.23. The molecule has 19 heavy (non-hydrogen) atoms. The first-order valence-electron chi connectivity index (χ1n) is 6.49. The van der Waals surface area contributed by atoms with E-state index in [2.05, 4.69) is 17.4 Å². The number of ether oxygens (including phenoxy) is 1. The lowest BCUT2D eigenvalue weighted by atomic mass is 10.3. The fraction of sp³-hybridized carbons (Fsp3) is 0.333. The zero-order valence-electron chi connectivity index (χ0n) is 10.6. The smallest absolute Gasteiger partial charge is 0.126 e. The second-order valence-corrected chi connectivity index (χ2v) is 6.02. The van der Waals surface area contributed by atoms with Crippen molar-refractivity contribution in [3.63, 3.8) is 0 Å². The van der Waals surface area contributed by atoms with Crippen molar-refractivity contribution >= 4 is 11.3 Å². The molecule has 1 fully saturated rings. The minimum absolute atomic E-state index is 0.266. The van der Waals surface area contributed by atoms with Crippen LogP contribution in [0.4, 0.5) is 4.39 Å². The Hall–Kier alpha value is -1.39. The molecule has 0 bridgehead atoms. The van der Waals surface area contributed by atoms with E-state index in [9.17, 15) is 4.39 Å². The quantitative estimate of drug-likeness (QED) is 0.869. The van der Waals surface area contributed by atoms with E-state index in [1.165, 1.54) is 29.9 Å². The zero-order valence-corrected chi connectivity index (χ0v) is 11.4. The molecule has 1 N–H and O–H groups in total. The Bertz CT molecular complexity index is 551. The second kappa shape index (κ2) is 5.72. The summed E-state index contributed by atoms with van der Waals surface area (Å²) in [5.74, 6) is 0.309. The molecule has 0 atom stereocenters. The number of nitrogens with one attached hydrogen (secondary N) is 1. The first-order chi connectivity index (χ1) is 9.29. The van der Waals surface area contributed by atoms with Gasteiger partial charge in [0, 0.05) is 28.4 Å². The van der Waals surface area contributed by atoms with Crippen molar-refractivity contribution in [2.75, 3.05) is 0 Å². The molecule has 100 valence electrons. The zero-order chi connectivity index (χ0) is 13.1. The lowest BCUT2D eigenvalue weighted by molar-refractivity contribution is 0.308. The van der Waals surface area contributed by atoms with Crippen LogP contribution in [-0.4, -0.2) is 6.04 Å². The van der Waals surface area contributed by atoms with Crippen LogP contribution >= 0.6 is 11.3 Å². The minimum atomic E-state index is -0.266. The minimum Gasteiger partial charge on any atom is -0.488 e. The highest BCUT2D eigenvalue weighted by Gasteiger charge is 2.20. The van der Waals surface area contributed by atoms with Gasteiger partial charge in [-0.1, -0.05) is 6.07 Å². The molecule has 0 spiro atoms. The number of rotatable bonds is 6. The standard InChI is InChI=1S/C15H16FNOS/c16-11-2-1-3-13(8-11)18-10-15-7-6-14(19-15)9-17-12-4-5-12/h1-3,6-8,12,17H,4-5,9-10H2. The third-order valence-corrected chi connectivity index (χ3v) is 4.10. The van der Waals surface area contributed by atoms with E-state index in [4.69, 9.17) is 4.74 Å². The van der Waals surface area contributed by atoms with E-state index in [1.807, 2.05) is 0 Å². The van der Waals surface area contributed by atoms with Crippen LogP contribution in [0.2, 0.25) is 0 Å². The largest absolute Gasteiger partial charge is 0.488 e. The van der Waals surface area contributed by atoms with Crippen LogP contribution < -0.4 is 10.1 Å². The Labute approximate surface area is 116 Å². The van der Waals surface area contributed by atoms with E-state index in [1.54, 1.807) is 23.5 Å². The van der Waals surface area contributed by atoms with Gasteiger partial charge in [0.1, 0.15) is 18.2 Å². The van der Waals surface area contributed by atoms with Crippen molar-refractivity contribution < 1.29 is 9.13 Å². The average Bonchev–Trinajstić information content (AvgIpc) is 3.13. The number of hydrogen-bond donors (Lipinski definition) is 1. The number of halogens is 1. The van der Waals surface area contributed by atoms with Gasteiger partial charge in [0.05, 0.1) is 0 Å². The van der Waals surface area contributed by atoms with Crippen LogP contribution in [0, 0.1) is 5.82 Å². The van der Waals surface area contributed by atoms with Gasteiger partial charge in [-0.2, -0.15) is 0 Å². The Morgan fingerprint density at radius 1 is 1.21 bits per heavy atom. The maximum atomic E-state index is 13.0. The van der Waals surface area contributed by atoms with Crippen LogP contribution in [0.5, 0.6) is 5.75 Å². The van der Waals surface area contributed by atoms with Crippen molar-refractivity contribution in [1.29, 1.82) is 0 Å². The van der Waals surface area contributed by atoms with Crippen molar-refractivity contribution in [3.8, 4) is 5.75 Å². The Kier molecular flexibility index (Phi) is 3.80. The van der Waals surface area contributed by atoms with Gasteiger partial charge >= 0.3 is 0 Å². The summed E-state index contributed by atoms with van der Waals surface area (Å²) in [6, 6.07) is 11.2. The molecule has 1 aliphatic rings. The van der Waals surface area contributed by atoms with Gasteiger partial charge in [0.2, 0.25) is 0 Å². The maximum Gasteiger partial charge on any atom is 0.126 e. The summed E-state index contributed by atoms with van der Waals surface area (Å²) in [4.78, 5) is 2.49. The summed E-state index contributed by atoms with van der Waals surface area (Å²) in [6.07, 6.45) is 2.61. The molecule has 4 heteroatoms. The third kappa shape index (κ3) is 3.78. The van der Waals surface area contributed by atoms with Gasteiger partial charge in [-0.3, -0.25) is 0 Å². The predicted octanol–water partition coefficient (Wildman–Crippen LogP) is 3.72. The fourth-order valence-corrected chi connectivity index (χ4v) is 2.72. The van der Waals surface area contributed by atoms with Crippen molar-refractivity contribution in [2.45, 2.75) is 32.0 Å². The topological polar surface area (TPSA) is 21.3 Å². The van der Waals surface area contributed by atoms with Crippen LogP contribution in [0.3, 0.4) is 0 Å². The molecule has 0 amide bonds. The third-order valence-electron chi connectivity index (χ3n) is 3.04. The van der Waals surface area contributed by atoms with Crippen LogP contribution in [0.1, 0.15) is 22.6 Å². The van der Waals surface area contributed by atoms with E-state index >= 15 is 0 Å². The summed E-state index contributed by atoms with van der Waals surface area (Å²) < 4.78 is 18.6. The lowest BCUT2D eigenvalue weighted by Gasteiger charge is -2.04. The van der Waals surface area contributed by atoms with E-state index < -0.39 is 0 Å². The first-order valence-corrected chi connectivity index (χ1v) is 7.30. The second-order valence-electron chi connectivity index (χ2n) is 4.77. The summed E-state index contributed by atoms with van der Waals surface area (Å²) in [7, 11) is 0. The van der Waals surface area contributed by atoms with Crippen molar-refractivity contribution in [1.82, 2.24) is 5.32 Å². The molecular weight excluding hydrogens is 261 g/mol. The normalized spacial score (nSPS) is 14.6. The first kappa shape index (κ1) is 12.6. The van der Waals surface area contributed by atoms with E-state index in [-0.39, 0.29) is 5.82 Å². The van der Waals surface area contributed by atoms with Gasteiger partial charge in [-0.15, -0.1) is 11.3 Å². The van der Waals surface area contributed by atoms with E-state index in [0.717, 1.165) is 17.5 Å². The fourth-order valence-electron chi connectivity index (χ4n) is 1.84. The van der Waals surface area contributed by atoms with Crippen molar-refractivity contribution in [2.24, 2.45) is 0 Å². The Balaban J connectivity index is 1.51. The highest BCUT2D eigenvalue weighted by atomic mass is 32.1. The van der Waals surface area contributed by atoms with Crippen molar-refractivity contribution in [3.05, 3.63) is 52.0 Å². The molecule has 1 aromatic heterocycles. The SMILES string of the molecule is Fc1cccc(OCc2ccc(CNC3CC3)s2)c1. The molecular formula is C15H16FNOS. The Morgan fingerprint density at radius 2 is 2.05 bits per heavy atom. The summed E-state index contributed by atoms with van der Waals surface area (Å²) >= 11 is 1.74. The van der Waals surface area contributed by atoms with Crippen LogP contribution in [0.25, 0.3) is 0 Å². The monoisotopic (exact) mass is 277 g/mol. The summed E-state index contributed by atoms with van der Waals surface area (Å²) in [5.41, 5.74) is 0. The molecule has 1 saturated carbocycles. The average molecular weight is 277 g/mol. The number of thiophene rings is 1. The van der Waals surface area contributed by atoms with Gasteiger partial charge in [-0.05, 0) is 37.1 Å². The van der Waals surface area contributed by atoms with Crippen LogP contribution in [-0.2, 0) is 13.2 Å². The highest BCUT2D eigenvalue weighted by molar-refractivity contribution is 7.11. The molecule has 0 radical (unpaired) electrons. The predicted molar refractivity (Wildman–Crippen MR) is 74.9 cm³/mol. The molecule has 0 saturated heterocycles. The molecule has 2 nitrogen and oxygen atoms in total. The summed E-state index contributed by atoms with van der Waals surface area (Å²) in [5, 5.41) is 3.49. The molecule has 1 aliphatic carbocycles. The van der Waals surface area contributed by atoms with E-state index in [0.29, 0.717) is 12.4 Å². The van der Waals surface area contributed by atoms with Gasteiger partial charge in [0.25, 0.3) is 0 Å². The van der Waals surface area contributed by atoms with Gasteiger partial charge in [0.15, 0.2) is 0 Å². The maximum absolute atomic E-state index is 13.0. The summed E-state index contributed by atoms with van der Waals surface area (Å²) in [6.45, 7) is 1.44. The molecule has 0 aliphatic heterocycles. The molecule has 1 aromatic carbocycles. The number of benzene rings is 1. The van der Waals surface area contributed by atoms with Crippen LogP contribution in [0.15, 0.2) is 36.4 Å². The molecule has 3 rings (SSSR count). The molecule has 2 aromatic rings. The molecule has 0 unspecified atom stereocenters. The lowest BCUT2D eigenvalue weighted by Crippen LogP contribution is -2.14. The molecule has 1 heterocycles. The number of hydrogen-bond acceptors (Lipinski definition) is 3. The van der Waals surface area contributed by atoms with Gasteiger partial charge in [-0.25, -0.2) is 4.39 Å². The van der Waals surface area contributed by atoms with Gasteiger partial charge < -0.3 is 10.1 Å². The Morgan fingerprint density at radius 3 is 2.84 bits per heavy atom.